The molecule has 1 aliphatic heterocycles. The maximum Gasteiger partial charge on any atom is 0.109 e. The van der Waals surface area contributed by atoms with Gasteiger partial charge in [0.1, 0.15) is 6.17 Å². The van der Waals surface area contributed by atoms with Crippen LogP contribution in [0.3, 0.4) is 0 Å². The van der Waals surface area contributed by atoms with Crippen molar-refractivity contribution < 1.29 is 0 Å². The lowest BCUT2D eigenvalue weighted by molar-refractivity contribution is 0.822. The van der Waals surface area contributed by atoms with Crippen molar-refractivity contribution in [3.05, 3.63) is 24.3 Å². The number of hydrogen-bond donors (Lipinski definition) is 1. The van der Waals surface area contributed by atoms with Gasteiger partial charge in [0, 0.05) is 12.4 Å². The second-order valence-electron chi connectivity index (χ2n) is 2.94. The maximum absolute atomic E-state index is 3.47. The smallest absolute Gasteiger partial charge is 0.109 e. The first-order valence-corrected chi connectivity index (χ1v) is 5.09. The van der Waals surface area contributed by atoms with Crippen LogP contribution in [-0.2, 0) is 0 Å². The maximum atomic E-state index is 3.47. The molecule has 0 radical (unpaired) electrons. The van der Waals surface area contributed by atoms with Crippen molar-refractivity contribution >= 4 is 27.3 Å². The third-order valence-corrected chi connectivity index (χ3v) is 2.83. The first-order chi connectivity index (χ1) is 5.83. The van der Waals surface area contributed by atoms with Crippen LogP contribution in [0.15, 0.2) is 24.3 Å². The van der Waals surface area contributed by atoms with Crippen molar-refractivity contribution in [3.8, 4) is 0 Å². The normalized spacial score (nSPS) is 20.5. The number of rotatable bonds is 1. The fourth-order valence-electron chi connectivity index (χ4n) is 1.49. The minimum atomic E-state index is 0.391. The van der Waals surface area contributed by atoms with Crippen molar-refractivity contribution in [2.45, 2.75) is 6.17 Å². The quantitative estimate of drug-likeness (QED) is 0.740. The number of para-hydroxylation sites is 2. The fraction of sp³-hybridized carbons (Fsp3) is 0.333. The van der Waals surface area contributed by atoms with Gasteiger partial charge >= 0.3 is 0 Å². The second-order valence-corrected chi connectivity index (χ2v) is 3.59. The molecular weight excluding hydrogens is 216 g/mol. The van der Waals surface area contributed by atoms with Crippen molar-refractivity contribution in [1.29, 1.82) is 0 Å². The number of benzene rings is 1. The Kier molecular flexibility index (Phi) is 1.97. The Morgan fingerprint density at radius 3 is 2.92 bits per heavy atom. The highest BCUT2D eigenvalue weighted by Crippen LogP contribution is 2.32. The van der Waals surface area contributed by atoms with Crippen LogP contribution < -0.4 is 10.2 Å². The highest BCUT2D eigenvalue weighted by molar-refractivity contribution is 9.09. The van der Waals surface area contributed by atoms with Crippen LogP contribution in [0.4, 0.5) is 11.4 Å². The van der Waals surface area contributed by atoms with Gasteiger partial charge in [-0.15, -0.1) is 0 Å². The largest absolute Gasteiger partial charge is 0.363 e. The number of hydrogen-bond acceptors (Lipinski definition) is 2. The third kappa shape index (κ3) is 1.08. The molecule has 0 bridgehead atoms. The molecule has 0 aromatic heterocycles. The Balaban J connectivity index is 2.35. The van der Waals surface area contributed by atoms with Crippen LogP contribution in [0.25, 0.3) is 0 Å². The van der Waals surface area contributed by atoms with E-state index in [-0.39, 0.29) is 0 Å². The molecule has 12 heavy (non-hydrogen) atoms. The number of nitrogens with one attached hydrogen (secondary N) is 1. The number of fused-ring (bicyclic) bond motifs is 1. The van der Waals surface area contributed by atoms with E-state index in [1.54, 1.807) is 0 Å². The molecule has 1 aromatic rings. The minimum Gasteiger partial charge on any atom is -0.363 e. The van der Waals surface area contributed by atoms with Crippen LogP contribution in [0.2, 0.25) is 0 Å². The summed E-state index contributed by atoms with van der Waals surface area (Å²) in [6, 6.07) is 8.35. The summed E-state index contributed by atoms with van der Waals surface area (Å²) in [6.45, 7) is 0. The second kappa shape index (κ2) is 2.98. The molecule has 0 amide bonds. The van der Waals surface area contributed by atoms with Gasteiger partial charge in [-0.1, -0.05) is 28.1 Å². The Morgan fingerprint density at radius 1 is 1.50 bits per heavy atom. The third-order valence-electron chi connectivity index (χ3n) is 2.22. The van der Waals surface area contributed by atoms with Crippen molar-refractivity contribution in [1.82, 2.24) is 0 Å². The van der Waals surface area contributed by atoms with E-state index in [2.05, 4.69) is 57.5 Å². The predicted octanol–water partition coefficient (Wildman–Crippen LogP) is 2.27. The summed E-state index contributed by atoms with van der Waals surface area (Å²) < 4.78 is 0. The lowest BCUT2D eigenvalue weighted by atomic mass is 10.3. The Bertz CT molecular complexity index is 288. The molecule has 2 rings (SSSR count). The molecule has 2 nitrogen and oxygen atoms in total. The molecule has 1 unspecified atom stereocenters. The van der Waals surface area contributed by atoms with E-state index in [1.807, 2.05) is 0 Å². The van der Waals surface area contributed by atoms with Gasteiger partial charge in [0.25, 0.3) is 0 Å². The molecule has 1 atom stereocenters. The van der Waals surface area contributed by atoms with E-state index in [9.17, 15) is 0 Å². The fourth-order valence-corrected chi connectivity index (χ4v) is 2.09. The average molecular weight is 227 g/mol. The highest BCUT2D eigenvalue weighted by Gasteiger charge is 2.23. The molecule has 1 N–H and O–H groups in total. The number of anilines is 2. The Hall–Kier alpha value is -0.700. The van der Waals surface area contributed by atoms with Gasteiger partial charge in [0.15, 0.2) is 0 Å². The lowest BCUT2D eigenvalue weighted by Gasteiger charge is -2.19. The zero-order valence-corrected chi connectivity index (χ0v) is 8.51. The van der Waals surface area contributed by atoms with Crippen LogP contribution in [-0.4, -0.2) is 18.5 Å². The van der Waals surface area contributed by atoms with Crippen LogP contribution in [0, 0.1) is 0 Å². The van der Waals surface area contributed by atoms with Gasteiger partial charge in [-0.05, 0) is 12.1 Å². The molecule has 0 aliphatic carbocycles. The van der Waals surface area contributed by atoms with Crippen molar-refractivity contribution in [2.24, 2.45) is 0 Å². The number of halogens is 1. The van der Waals surface area contributed by atoms with Gasteiger partial charge in [-0.2, -0.15) is 0 Å². The molecule has 64 valence electrons. The molecule has 0 saturated heterocycles. The molecule has 3 heteroatoms. The summed E-state index contributed by atoms with van der Waals surface area (Å²) >= 11 is 3.47. The van der Waals surface area contributed by atoms with E-state index in [0.717, 1.165) is 5.33 Å². The van der Waals surface area contributed by atoms with E-state index in [4.69, 9.17) is 0 Å². The highest BCUT2D eigenvalue weighted by atomic mass is 79.9. The van der Waals surface area contributed by atoms with Gasteiger partial charge < -0.3 is 10.2 Å². The number of nitrogens with zero attached hydrogens (tertiary/aromatic N) is 1. The lowest BCUT2D eigenvalue weighted by Crippen LogP contribution is -2.33. The minimum absolute atomic E-state index is 0.391. The van der Waals surface area contributed by atoms with Crippen molar-refractivity contribution in [3.63, 3.8) is 0 Å². The standard InChI is InChI=1S/C9H11BrN2/c1-12-8-5-3-2-4-7(8)11-9(12)6-10/h2-5,9,11H,6H2,1H3. The van der Waals surface area contributed by atoms with Gasteiger partial charge in [-0.25, -0.2) is 0 Å². The predicted molar refractivity (Wildman–Crippen MR) is 56.0 cm³/mol. The number of alkyl halides is 1. The Labute approximate surface area is 80.7 Å². The van der Waals surface area contributed by atoms with Crippen molar-refractivity contribution in [2.75, 3.05) is 22.6 Å². The van der Waals surface area contributed by atoms with E-state index >= 15 is 0 Å². The van der Waals surface area contributed by atoms with Crippen LogP contribution in [0.1, 0.15) is 0 Å². The molecule has 1 aliphatic rings. The van der Waals surface area contributed by atoms with Gasteiger partial charge in [0.05, 0.1) is 11.4 Å². The van der Waals surface area contributed by atoms with E-state index < -0.39 is 0 Å². The molecule has 0 fully saturated rings. The SMILES string of the molecule is CN1c2ccccc2NC1CBr. The molecule has 0 spiro atoms. The summed E-state index contributed by atoms with van der Waals surface area (Å²) in [5, 5.41) is 4.36. The van der Waals surface area contributed by atoms with Crippen LogP contribution in [0.5, 0.6) is 0 Å². The van der Waals surface area contributed by atoms with Gasteiger partial charge in [0.2, 0.25) is 0 Å². The zero-order valence-electron chi connectivity index (χ0n) is 6.92. The molecular formula is C9H11BrN2. The summed E-state index contributed by atoms with van der Waals surface area (Å²) in [4.78, 5) is 2.24. The Morgan fingerprint density at radius 2 is 2.25 bits per heavy atom. The first kappa shape index (κ1) is 7.92. The summed E-state index contributed by atoms with van der Waals surface area (Å²) in [6.07, 6.45) is 0.391. The topological polar surface area (TPSA) is 15.3 Å². The summed E-state index contributed by atoms with van der Waals surface area (Å²) in [7, 11) is 2.10. The average Bonchev–Trinajstić information content (AvgIpc) is 2.44. The van der Waals surface area contributed by atoms with Gasteiger partial charge in [-0.3, -0.25) is 0 Å². The first-order valence-electron chi connectivity index (χ1n) is 3.97. The van der Waals surface area contributed by atoms with E-state index in [0.29, 0.717) is 6.17 Å². The molecule has 1 heterocycles. The zero-order chi connectivity index (χ0) is 8.55. The summed E-state index contributed by atoms with van der Waals surface area (Å²) in [5.41, 5.74) is 2.51. The monoisotopic (exact) mass is 226 g/mol. The molecule has 0 saturated carbocycles. The molecule has 1 aromatic carbocycles. The van der Waals surface area contributed by atoms with E-state index in [1.165, 1.54) is 11.4 Å². The summed E-state index contributed by atoms with van der Waals surface area (Å²) in [5.74, 6) is 0. The van der Waals surface area contributed by atoms with Crippen LogP contribution >= 0.6 is 15.9 Å².